The Morgan fingerprint density at radius 3 is 2.18 bits per heavy atom. The van der Waals surface area contributed by atoms with Gasteiger partial charge in [0, 0.05) is 11.8 Å². The van der Waals surface area contributed by atoms with Crippen LogP contribution in [0.2, 0.25) is 0 Å². The fourth-order valence-corrected chi connectivity index (χ4v) is 7.62. The molecule has 5 rings (SSSR count). The molecular weight excluding hydrogens is 595 g/mol. The highest BCUT2D eigenvalue weighted by atomic mass is 32.2. The van der Waals surface area contributed by atoms with Gasteiger partial charge < -0.3 is 20.1 Å². The zero-order chi connectivity index (χ0) is 30.9. The lowest BCUT2D eigenvalue weighted by molar-refractivity contribution is -0.119. The van der Waals surface area contributed by atoms with Gasteiger partial charge in [0.25, 0.3) is 0 Å². The fraction of sp³-hybridized carbons (Fsp3) is 0.424. The number of aromatic nitrogens is 2. The first kappa shape index (κ1) is 31.7. The molecule has 1 saturated carbocycles. The Morgan fingerprint density at radius 2 is 1.52 bits per heavy atom. The number of aliphatic imine (C=N–C) groups is 1. The zero-order valence-electron chi connectivity index (χ0n) is 25.4. The molecule has 232 valence electrons. The van der Waals surface area contributed by atoms with Crippen molar-refractivity contribution in [2.24, 2.45) is 10.9 Å². The zero-order valence-corrected chi connectivity index (χ0v) is 27.0. The molecule has 11 heteroatoms. The Morgan fingerprint density at radius 1 is 0.886 bits per heavy atom. The van der Waals surface area contributed by atoms with Crippen LogP contribution in [0.4, 0.5) is 5.13 Å². The summed E-state index contributed by atoms with van der Waals surface area (Å²) in [5, 5.41) is 18.2. The molecule has 1 aromatic heterocycles. The van der Waals surface area contributed by atoms with Gasteiger partial charge in [-0.25, -0.2) is 0 Å². The smallest absolute Gasteiger partial charge is 0.230 e. The number of ether oxygens (including phenoxy) is 2. The van der Waals surface area contributed by atoms with E-state index in [9.17, 15) is 9.59 Å². The van der Waals surface area contributed by atoms with E-state index in [4.69, 9.17) is 14.5 Å². The van der Waals surface area contributed by atoms with Crippen molar-refractivity contribution in [3.63, 3.8) is 0 Å². The quantitative estimate of drug-likeness (QED) is 0.244. The van der Waals surface area contributed by atoms with E-state index in [1.807, 2.05) is 48.5 Å². The maximum absolute atomic E-state index is 13.0. The summed E-state index contributed by atoms with van der Waals surface area (Å²) in [5.74, 6) is 1.77. The van der Waals surface area contributed by atoms with E-state index in [1.165, 1.54) is 11.3 Å². The Hall–Kier alpha value is -3.70. The SMILES string of the molecule is COc1cccc(CC(=O)NC2=CCC(C)N=C(C3CCCCC(c4nnc(NC(=O)Cc5cccc(OC)c5)s4)C3)S2)c1. The fourth-order valence-electron chi connectivity index (χ4n) is 5.53. The number of thioether (sulfide) groups is 1. The number of hydrogen-bond acceptors (Lipinski definition) is 9. The predicted octanol–water partition coefficient (Wildman–Crippen LogP) is 6.52. The molecule has 2 aliphatic rings. The number of rotatable bonds is 10. The Balaban J connectivity index is 1.20. The molecular formula is C33H39N5O4S2. The van der Waals surface area contributed by atoms with E-state index in [0.29, 0.717) is 5.13 Å². The summed E-state index contributed by atoms with van der Waals surface area (Å²) in [7, 11) is 3.24. The minimum absolute atomic E-state index is 0.0560. The van der Waals surface area contributed by atoms with Crippen LogP contribution in [0.3, 0.4) is 0 Å². The summed E-state index contributed by atoms with van der Waals surface area (Å²) < 4.78 is 10.6. The van der Waals surface area contributed by atoms with Crippen LogP contribution >= 0.6 is 23.1 Å². The molecule has 0 radical (unpaired) electrons. The molecule has 9 nitrogen and oxygen atoms in total. The molecule has 2 N–H and O–H groups in total. The van der Waals surface area contributed by atoms with Crippen LogP contribution in [0.15, 0.2) is 64.6 Å². The van der Waals surface area contributed by atoms with Gasteiger partial charge >= 0.3 is 0 Å². The molecule has 3 unspecified atom stereocenters. The minimum atomic E-state index is -0.134. The lowest BCUT2D eigenvalue weighted by Gasteiger charge is -2.21. The van der Waals surface area contributed by atoms with Crippen molar-refractivity contribution in [3.8, 4) is 11.5 Å². The second-order valence-electron chi connectivity index (χ2n) is 11.2. The number of nitrogens with zero attached hydrogens (tertiary/aromatic N) is 3. The highest BCUT2D eigenvalue weighted by Gasteiger charge is 2.30. The van der Waals surface area contributed by atoms with Gasteiger partial charge in [-0.15, -0.1) is 10.2 Å². The Kier molecular flexibility index (Phi) is 11.1. The lowest BCUT2D eigenvalue weighted by atomic mass is 9.94. The summed E-state index contributed by atoms with van der Waals surface area (Å²) >= 11 is 3.05. The molecule has 0 saturated heterocycles. The van der Waals surface area contributed by atoms with E-state index < -0.39 is 0 Å². The third kappa shape index (κ3) is 8.92. The van der Waals surface area contributed by atoms with Gasteiger partial charge in [0.1, 0.15) is 16.5 Å². The summed E-state index contributed by atoms with van der Waals surface area (Å²) in [6, 6.07) is 15.2. The van der Waals surface area contributed by atoms with Gasteiger partial charge in [-0.2, -0.15) is 0 Å². The monoisotopic (exact) mass is 633 g/mol. The molecule has 3 aromatic rings. The molecule has 0 spiro atoms. The van der Waals surface area contributed by atoms with Crippen molar-refractivity contribution in [3.05, 3.63) is 75.8 Å². The topological polar surface area (TPSA) is 115 Å². The van der Waals surface area contributed by atoms with Crippen LogP contribution < -0.4 is 20.1 Å². The first-order valence-corrected chi connectivity index (χ1v) is 16.7. The van der Waals surface area contributed by atoms with Crippen molar-refractivity contribution >= 4 is 45.1 Å². The molecule has 44 heavy (non-hydrogen) atoms. The number of anilines is 1. The average molecular weight is 634 g/mol. The number of benzene rings is 2. The normalized spacial score (nSPS) is 20.4. The van der Waals surface area contributed by atoms with E-state index in [0.717, 1.165) is 76.2 Å². The largest absolute Gasteiger partial charge is 0.497 e. The molecule has 1 aliphatic heterocycles. The Labute approximate surface area is 266 Å². The van der Waals surface area contributed by atoms with Gasteiger partial charge in [0.2, 0.25) is 16.9 Å². The number of carbonyl (C=O) groups excluding carboxylic acids is 2. The van der Waals surface area contributed by atoms with Gasteiger partial charge in [-0.1, -0.05) is 66.3 Å². The first-order valence-electron chi connectivity index (χ1n) is 15.0. The van der Waals surface area contributed by atoms with E-state index in [-0.39, 0.29) is 42.5 Å². The third-order valence-electron chi connectivity index (χ3n) is 7.78. The molecule has 1 aliphatic carbocycles. The van der Waals surface area contributed by atoms with E-state index in [2.05, 4.69) is 33.8 Å². The van der Waals surface area contributed by atoms with Crippen LogP contribution in [-0.2, 0) is 22.4 Å². The van der Waals surface area contributed by atoms with Crippen molar-refractivity contribution < 1.29 is 19.1 Å². The van der Waals surface area contributed by atoms with E-state index in [1.54, 1.807) is 26.0 Å². The summed E-state index contributed by atoms with van der Waals surface area (Å²) in [6.45, 7) is 2.12. The van der Waals surface area contributed by atoms with Crippen molar-refractivity contribution in [2.75, 3.05) is 19.5 Å². The van der Waals surface area contributed by atoms with Gasteiger partial charge in [0.15, 0.2) is 0 Å². The Bertz CT molecular complexity index is 1520. The maximum atomic E-state index is 13.0. The molecule has 2 amide bonds. The first-order chi connectivity index (χ1) is 21.4. The van der Waals surface area contributed by atoms with Crippen molar-refractivity contribution in [2.45, 2.75) is 70.3 Å². The van der Waals surface area contributed by atoms with Crippen LogP contribution in [0, 0.1) is 5.92 Å². The van der Waals surface area contributed by atoms with Gasteiger partial charge in [-0.05, 0) is 68.0 Å². The summed E-state index contributed by atoms with van der Waals surface area (Å²) in [5.41, 5.74) is 1.78. The van der Waals surface area contributed by atoms with Crippen LogP contribution in [-0.4, -0.2) is 47.3 Å². The number of carbonyl (C=O) groups is 2. The second-order valence-corrected chi connectivity index (χ2v) is 13.3. The standard InChI is InChI=1S/C33H39N5O4S2/c1-21-14-15-30(35-28(39)18-22-8-6-12-26(16-22)41-2)43-31(34-21)24-10-4-5-11-25(20-24)32-37-38-33(44-32)36-29(40)19-23-9-7-13-27(17-23)42-3/h6-9,12-13,15-17,21,24-25H,4-5,10-11,14,18-20H2,1-3H3,(H,35,39)(H,36,38,40). The number of amides is 2. The molecule has 2 heterocycles. The van der Waals surface area contributed by atoms with Crippen LogP contribution in [0.1, 0.15) is 67.5 Å². The summed E-state index contributed by atoms with van der Waals surface area (Å²) in [6.07, 6.45) is 8.57. The van der Waals surface area contributed by atoms with Crippen molar-refractivity contribution in [1.82, 2.24) is 15.5 Å². The summed E-state index contributed by atoms with van der Waals surface area (Å²) in [4.78, 5) is 30.8. The molecule has 0 bridgehead atoms. The third-order valence-corrected chi connectivity index (χ3v) is 9.91. The van der Waals surface area contributed by atoms with Gasteiger partial charge in [-0.3, -0.25) is 14.6 Å². The van der Waals surface area contributed by atoms with Crippen LogP contribution in [0.25, 0.3) is 0 Å². The molecule has 1 fully saturated rings. The average Bonchev–Trinajstić information content (AvgIpc) is 3.22. The highest BCUT2D eigenvalue weighted by Crippen LogP contribution is 2.40. The van der Waals surface area contributed by atoms with Crippen molar-refractivity contribution in [1.29, 1.82) is 0 Å². The lowest BCUT2D eigenvalue weighted by Crippen LogP contribution is -2.24. The van der Waals surface area contributed by atoms with Crippen LogP contribution in [0.5, 0.6) is 11.5 Å². The predicted molar refractivity (Wildman–Crippen MR) is 177 cm³/mol. The second kappa shape index (κ2) is 15.3. The number of hydrogen-bond donors (Lipinski definition) is 2. The molecule has 3 atom stereocenters. The molecule has 2 aromatic carbocycles. The minimum Gasteiger partial charge on any atom is -0.497 e. The van der Waals surface area contributed by atoms with E-state index >= 15 is 0 Å². The number of nitrogens with one attached hydrogen (secondary N) is 2. The maximum Gasteiger partial charge on any atom is 0.230 e. The number of methoxy groups -OCH3 is 2. The highest BCUT2D eigenvalue weighted by molar-refractivity contribution is 8.17. The van der Waals surface area contributed by atoms with Gasteiger partial charge in [0.05, 0.1) is 43.2 Å².